The van der Waals surface area contributed by atoms with E-state index in [-0.39, 0.29) is 29.0 Å². The van der Waals surface area contributed by atoms with E-state index in [1.54, 1.807) is 4.90 Å². The molecule has 0 aromatic carbocycles. The molecule has 0 atom stereocenters. The van der Waals surface area contributed by atoms with Crippen molar-refractivity contribution in [3.63, 3.8) is 0 Å². The molecule has 2 saturated heterocycles. The molecular weight excluding hydrogens is 347 g/mol. The molecule has 0 saturated carbocycles. The molecule has 2 amide bonds. The Kier molecular flexibility index (Phi) is 5.20. The monoisotopic (exact) mass is 369 g/mol. The molecule has 5 nitrogen and oxygen atoms in total. The van der Waals surface area contributed by atoms with Crippen LogP contribution in [-0.2, 0) is 11.0 Å². The zero-order chi connectivity index (χ0) is 18.9. The average Bonchev–Trinajstić information content (AvgIpc) is 3.14. The molecule has 0 unspecified atom stereocenters. The second kappa shape index (κ2) is 7.25. The number of piperidine rings is 1. The van der Waals surface area contributed by atoms with Crippen molar-refractivity contribution in [1.29, 1.82) is 0 Å². The summed E-state index contributed by atoms with van der Waals surface area (Å²) in [6.45, 7) is 3.90. The van der Waals surface area contributed by atoms with E-state index in [9.17, 15) is 22.8 Å². The highest BCUT2D eigenvalue weighted by molar-refractivity contribution is 5.95. The van der Waals surface area contributed by atoms with E-state index >= 15 is 0 Å². The molecule has 142 valence electrons. The number of nitrogens with zero attached hydrogens (tertiary/aromatic N) is 3. The first-order valence-corrected chi connectivity index (χ1v) is 8.90. The van der Waals surface area contributed by atoms with Crippen molar-refractivity contribution in [1.82, 2.24) is 14.8 Å². The van der Waals surface area contributed by atoms with E-state index in [0.29, 0.717) is 25.9 Å². The summed E-state index contributed by atoms with van der Waals surface area (Å²) in [6.07, 6.45) is -1.25. The summed E-state index contributed by atoms with van der Waals surface area (Å²) < 4.78 is 38.1. The molecule has 8 heteroatoms. The number of aromatic nitrogens is 1. The Morgan fingerprint density at radius 1 is 1.04 bits per heavy atom. The van der Waals surface area contributed by atoms with Gasteiger partial charge in [-0.2, -0.15) is 13.2 Å². The number of likely N-dealkylation sites (tertiary alicyclic amines) is 2. The lowest BCUT2D eigenvalue weighted by molar-refractivity contribution is -0.141. The molecule has 2 fully saturated rings. The van der Waals surface area contributed by atoms with Crippen molar-refractivity contribution in [3.05, 3.63) is 29.1 Å². The molecule has 1 aromatic heterocycles. The van der Waals surface area contributed by atoms with Crippen LogP contribution in [0.3, 0.4) is 0 Å². The number of rotatable bonds is 2. The maximum Gasteiger partial charge on any atom is 0.433 e. The minimum Gasteiger partial charge on any atom is -0.342 e. The SMILES string of the molecule is Cc1nc(C(F)(F)F)ccc1C(=O)N1CCC(C(=O)N2CCCC2)CC1. The van der Waals surface area contributed by atoms with Gasteiger partial charge in [0, 0.05) is 32.1 Å². The van der Waals surface area contributed by atoms with E-state index < -0.39 is 11.9 Å². The van der Waals surface area contributed by atoms with E-state index in [0.717, 1.165) is 32.0 Å². The quantitative estimate of drug-likeness (QED) is 0.806. The van der Waals surface area contributed by atoms with Crippen LogP contribution in [0.15, 0.2) is 12.1 Å². The maximum absolute atomic E-state index is 12.7. The van der Waals surface area contributed by atoms with Gasteiger partial charge in [0.25, 0.3) is 5.91 Å². The highest BCUT2D eigenvalue weighted by Gasteiger charge is 2.34. The van der Waals surface area contributed by atoms with Crippen molar-refractivity contribution in [3.8, 4) is 0 Å². The van der Waals surface area contributed by atoms with Crippen molar-refractivity contribution >= 4 is 11.8 Å². The van der Waals surface area contributed by atoms with Crippen molar-refractivity contribution in [2.45, 2.75) is 38.8 Å². The van der Waals surface area contributed by atoms with Crippen LogP contribution in [0, 0.1) is 12.8 Å². The van der Waals surface area contributed by atoms with Gasteiger partial charge in [0.2, 0.25) is 5.91 Å². The highest BCUT2D eigenvalue weighted by Crippen LogP contribution is 2.29. The molecular formula is C18H22F3N3O2. The van der Waals surface area contributed by atoms with Gasteiger partial charge in [0.15, 0.2) is 0 Å². The number of carbonyl (C=O) groups excluding carboxylic acids is 2. The Labute approximate surface area is 150 Å². The lowest BCUT2D eigenvalue weighted by Crippen LogP contribution is -2.44. The normalized spacial score (nSPS) is 19.1. The van der Waals surface area contributed by atoms with Crippen LogP contribution in [-0.4, -0.2) is 52.8 Å². The summed E-state index contributed by atoms with van der Waals surface area (Å²) in [5.74, 6) is -0.221. The Hall–Kier alpha value is -2.12. The standard InChI is InChI=1S/C18H22F3N3O2/c1-12-14(4-5-15(22-12)18(19,20)21)17(26)24-10-6-13(7-11-24)16(25)23-8-2-3-9-23/h4-5,13H,2-3,6-11H2,1H3. The summed E-state index contributed by atoms with van der Waals surface area (Å²) in [6, 6.07) is 2.03. The van der Waals surface area contributed by atoms with Crippen molar-refractivity contribution < 1.29 is 22.8 Å². The van der Waals surface area contributed by atoms with Crippen LogP contribution >= 0.6 is 0 Å². The number of hydrogen-bond acceptors (Lipinski definition) is 3. The van der Waals surface area contributed by atoms with Crippen LogP contribution in [0.2, 0.25) is 0 Å². The highest BCUT2D eigenvalue weighted by atomic mass is 19.4. The fraction of sp³-hybridized carbons (Fsp3) is 0.611. The minimum atomic E-state index is -4.53. The van der Waals surface area contributed by atoms with Gasteiger partial charge in [0.1, 0.15) is 5.69 Å². The Bertz CT molecular complexity index is 691. The van der Waals surface area contributed by atoms with Gasteiger partial charge >= 0.3 is 6.18 Å². The maximum atomic E-state index is 12.7. The second-order valence-corrected chi connectivity index (χ2v) is 6.93. The molecule has 0 bridgehead atoms. The van der Waals surface area contributed by atoms with E-state index in [1.807, 2.05) is 4.90 Å². The number of carbonyl (C=O) groups is 2. The third-order valence-corrected chi connectivity index (χ3v) is 5.16. The molecule has 26 heavy (non-hydrogen) atoms. The smallest absolute Gasteiger partial charge is 0.342 e. The lowest BCUT2D eigenvalue weighted by atomic mass is 9.94. The molecule has 0 N–H and O–H groups in total. The molecule has 2 aliphatic heterocycles. The van der Waals surface area contributed by atoms with Crippen LogP contribution in [0.25, 0.3) is 0 Å². The van der Waals surface area contributed by atoms with Gasteiger partial charge in [-0.05, 0) is 44.7 Å². The molecule has 2 aliphatic rings. The van der Waals surface area contributed by atoms with E-state index in [1.165, 1.54) is 13.0 Å². The Morgan fingerprint density at radius 3 is 2.19 bits per heavy atom. The zero-order valence-corrected chi connectivity index (χ0v) is 14.7. The van der Waals surface area contributed by atoms with Crippen molar-refractivity contribution in [2.75, 3.05) is 26.2 Å². The van der Waals surface area contributed by atoms with E-state index in [4.69, 9.17) is 0 Å². The molecule has 3 heterocycles. The summed E-state index contributed by atoms with van der Waals surface area (Å²) in [5, 5.41) is 0. The third-order valence-electron chi connectivity index (χ3n) is 5.16. The number of aryl methyl sites for hydroxylation is 1. The summed E-state index contributed by atoms with van der Waals surface area (Å²) in [7, 11) is 0. The number of hydrogen-bond donors (Lipinski definition) is 0. The van der Waals surface area contributed by atoms with Crippen LogP contribution in [0.1, 0.15) is 47.4 Å². The van der Waals surface area contributed by atoms with Crippen LogP contribution in [0.5, 0.6) is 0 Å². The topological polar surface area (TPSA) is 53.5 Å². The van der Waals surface area contributed by atoms with Gasteiger partial charge in [-0.25, -0.2) is 4.98 Å². The van der Waals surface area contributed by atoms with Crippen LogP contribution in [0.4, 0.5) is 13.2 Å². The Morgan fingerprint density at radius 2 is 1.65 bits per heavy atom. The number of halogens is 3. The van der Waals surface area contributed by atoms with E-state index in [2.05, 4.69) is 4.98 Å². The first kappa shape index (κ1) is 18.7. The number of alkyl halides is 3. The van der Waals surface area contributed by atoms with Gasteiger partial charge in [-0.15, -0.1) is 0 Å². The first-order valence-electron chi connectivity index (χ1n) is 8.90. The van der Waals surface area contributed by atoms with Crippen LogP contribution < -0.4 is 0 Å². The second-order valence-electron chi connectivity index (χ2n) is 6.93. The predicted octanol–water partition coefficient (Wildman–Crippen LogP) is 2.88. The fourth-order valence-electron chi connectivity index (χ4n) is 3.64. The average molecular weight is 369 g/mol. The molecule has 0 radical (unpaired) electrons. The summed E-state index contributed by atoms with van der Waals surface area (Å²) in [5.41, 5.74) is -0.746. The third kappa shape index (κ3) is 3.83. The molecule has 0 aliphatic carbocycles. The van der Waals surface area contributed by atoms with Gasteiger partial charge in [0.05, 0.1) is 11.3 Å². The van der Waals surface area contributed by atoms with Gasteiger partial charge in [-0.1, -0.05) is 0 Å². The minimum absolute atomic E-state index is 0.0658. The largest absolute Gasteiger partial charge is 0.433 e. The Balaban J connectivity index is 1.62. The molecule has 1 aromatic rings. The van der Waals surface area contributed by atoms with Crippen molar-refractivity contribution in [2.24, 2.45) is 5.92 Å². The zero-order valence-electron chi connectivity index (χ0n) is 14.7. The number of amides is 2. The predicted molar refractivity (Wildman–Crippen MR) is 88.4 cm³/mol. The molecule has 3 rings (SSSR count). The number of pyridine rings is 1. The van der Waals surface area contributed by atoms with Gasteiger partial charge < -0.3 is 9.80 Å². The van der Waals surface area contributed by atoms with Gasteiger partial charge in [-0.3, -0.25) is 9.59 Å². The molecule has 0 spiro atoms. The fourth-order valence-corrected chi connectivity index (χ4v) is 3.64. The lowest BCUT2D eigenvalue weighted by Gasteiger charge is -2.33. The summed E-state index contributed by atoms with van der Waals surface area (Å²) in [4.78, 5) is 32.1. The first-order chi connectivity index (χ1) is 12.3. The summed E-state index contributed by atoms with van der Waals surface area (Å²) >= 11 is 0.